The number of fused-ring (bicyclic) bond motifs is 1. The van der Waals surface area contributed by atoms with E-state index < -0.39 is 0 Å². The van der Waals surface area contributed by atoms with Gasteiger partial charge >= 0.3 is 0 Å². The van der Waals surface area contributed by atoms with Gasteiger partial charge in [-0.05, 0) is 32.1 Å². The molecule has 0 amide bonds. The van der Waals surface area contributed by atoms with E-state index in [9.17, 15) is 5.11 Å². The second-order valence-corrected chi connectivity index (χ2v) is 5.39. The highest BCUT2D eigenvalue weighted by atomic mass is 16.3. The summed E-state index contributed by atoms with van der Waals surface area (Å²) in [7, 11) is 0. The number of nitrogens with one attached hydrogen (secondary N) is 1. The first-order valence-corrected chi connectivity index (χ1v) is 6.88. The van der Waals surface area contributed by atoms with Gasteiger partial charge in [0, 0.05) is 17.3 Å². The van der Waals surface area contributed by atoms with Crippen LogP contribution in [-0.2, 0) is 0 Å². The first-order valence-electron chi connectivity index (χ1n) is 6.88. The summed E-state index contributed by atoms with van der Waals surface area (Å²) in [6.45, 7) is 2.84. The summed E-state index contributed by atoms with van der Waals surface area (Å²) in [5, 5.41) is 23.7. The molecule has 0 aliphatic heterocycles. The van der Waals surface area contributed by atoms with Gasteiger partial charge in [-0.3, -0.25) is 0 Å². The maximum atomic E-state index is 9.55. The summed E-state index contributed by atoms with van der Waals surface area (Å²) in [5.74, 6) is 1.39. The Balaban J connectivity index is 1.79. The topological polar surface area (TPSA) is 58.0 Å². The molecule has 4 nitrogen and oxygen atoms in total. The van der Waals surface area contributed by atoms with Crippen LogP contribution in [0.25, 0.3) is 10.8 Å². The second-order valence-electron chi connectivity index (χ2n) is 5.39. The van der Waals surface area contributed by atoms with Gasteiger partial charge in [0.15, 0.2) is 5.82 Å². The van der Waals surface area contributed by atoms with Crippen molar-refractivity contribution in [2.24, 2.45) is 5.92 Å². The zero-order valence-electron chi connectivity index (χ0n) is 11.1. The number of rotatable bonds is 3. The monoisotopic (exact) mass is 257 g/mol. The first kappa shape index (κ1) is 12.4. The SMILES string of the molecule is Cc1nnc(NCC2CCC(O)C2)c2ccccc12. The normalized spacial score (nSPS) is 22.8. The standard InChI is InChI=1S/C15H19N3O/c1-10-13-4-2-3-5-14(13)15(18-17-10)16-9-11-6-7-12(19)8-11/h2-5,11-12,19H,6-9H2,1H3,(H,16,18). The van der Waals surface area contributed by atoms with E-state index in [0.717, 1.165) is 48.1 Å². The van der Waals surface area contributed by atoms with Gasteiger partial charge in [0.1, 0.15) is 0 Å². The van der Waals surface area contributed by atoms with Gasteiger partial charge in [-0.15, -0.1) is 5.10 Å². The molecule has 3 rings (SSSR count). The fraction of sp³-hybridized carbons (Fsp3) is 0.467. The third kappa shape index (κ3) is 2.54. The molecule has 1 aromatic carbocycles. The van der Waals surface area contributed by atoms with E-state index in [2.05, 4.69) is 27.6 Å². The van der Waals surface area contributed by atoms with Crippen molar-refractivity contribution in [3.63, 3.8) is 0 Å². The van der Waals surface area contributed by atoms with Crippen LogP contribution < -0.4 is 5.32 Å². The molecule has 1 aromatic heterocycles. The minimum absolute atomic E-state index is 0.118. The lowest BCUT2D eigenvalue weighted by atomic mass is 10.1. The molecule has 4 heteroatoms. The number of hydrogen-bond donors (Lipinski definition) is 2. The lowest BCUT2D eigenvalue weighted by Crippen LogP contribution is -2.14. The predicted octanol–water partition coefficient (Wildman–Crippen LogP) is 2.51. The van der Waals surface area contributed by atoms with Crippen molar-refractivity contribution in [2.75, 3.05) is 11.9 Å². The Morgan fingerprint density at radius 2 is 2.00 bits per heavy atom. The molecule has 1 aliphatic carbocycles. The van der Waals surface area contributed by atoms with Gasteiger partial charge in [0.25, 0.3) is 0 Å². The Morgan fingerprint density at radius 3 is 2.74 bits per heavy atom. The molecule has 2 unspecified atom stereocenters. The highest BCUT2D eigenvalue weighted by Crippen LogP contribution is 2.27. The number of aryl methyl sites for hydroxylation is 1. The van der Waals surface area contributed by atoms with E-state index >= 15 is 0 Å². The van der Waals surface area contributed by atoms with Crippen LogP contribution in [0.4, 0.5) is 5.82 Å². The Hall–Kier alpha value is -1.68. The van der Waals surface area contributed by atoms with E-state index in [1.165, 1.54) is 0 Å². The summed E-state index contributed by atoms with van der Waals surface area (Å²) in [4.78, 5) is 0. The minimum atomic E-state index is -0.118. The Kier molecular flexibility index (Phi) is 3.34. The van der Waals surface area contributed by atoms with Crippen molar-refractivity contribution in [3.05, 3.63) is 30.0 Å². The average molecular weight is 257 g/mol. The van der Waals surface area contributed by atoms with Gasteiger partial charge in [0.2, 0.25) is 0 Å². The number of benzene rings is 1. The highest BCUT2D eigenvalue weighted by Gasteiger charge is 2.22. The molecule has 2 N–H and O–H groups in total. The van der Waals surface area contributed by atoms with Crippen LogP contribution in [0.3, 0.4) is 0 Å². The van der Waals surface area contributed by atoms with Gasteiger partial charge in [-0.1, -0.05) is 24.3 Å². The van der Waals surface area contributed by atoms with Crippen molar-refractivity contribution in [1.82, 2.24) is 10.2 Å². The van der Waals surface area contributed by atoms with Crippen molar-refractivity contribution in [3.8, 4) is 0 Å². The lowest BCUT2D eigenvalue weighted by molar-refractivity contribution is 0.178. The molecule has 0 saturated heterocycles. The Labute approximate surface area is 112 Å². The molecule has 2 atom stereocenters. The maximum Gasteiger partial charge on any atom is 0.156 e. The molecule has 1 saturated carbocycles. The quantitative estimate of drug-likeness (QED) is 0.887. The number of hydrogen-bond acceptors (Lipinski definition) is 4. The largest absolute Gasteiger partial charge is 0.393 e. The van der Waals surface area contributed by atoms with Crippen LogP contribution in [0.15, 0.2) is 24.3 Å². The number of aliphatic hydroxyl groups is 1. The molecule has 0 spiro atoms. The van der Waals surface area contributed by atoms with Gasteiger partial charge in [0.05, 0.1) is 11.8 Å². The molecule has 1 heterocycles. The second kappa shape index (κ2) is 5.13. The smallest absolute Gasteiger partial charge is 0.156 e. The summed E-state index contributed by atoms with van der Waals surface area (Å²) in [5.41, 5.74) is 0.956. The van der Waals surface area contributed by atoms with Crippen LogP contribution in [0.5, 0.6) is 0 Å². The van der Waals surface area contributed by atoms with Gasteiger partial charge in [-0.2, -0.15) is 5.10 Å². The Morgan fingerprint density at radius 1 is 1.21 bits per heavy atom. The van der Waals surface area contributed by atoms with Crippen molar-refractivity contribution in [1.29, 1.82) is 0 Å². The third-order valence-corrected chi connectivity index (χ3v) is 3.94. The van der Waals surface area contributed by atoms with E-state index in [4.69, 9.17) is 0 Å². The average Bonchev–Trinajstić information content (AvgIpc) is 2.84. The van der Waals surface area contributed by atoms with Gasteiger partial charge < -0.3 is 10.4 Å². The summed E-state index contributed by atoms with van der Waals surface area (Å²) in [6.07, 6.45) is 2.79. The van der Waals surface area contributed by atoms with E-state index in [-0.39, 0.29) is 6.10 Å². The van der Waals surface area contributed by atoms with Crippen molar-refractivity contribution in [2.45, 2.75) is 32.3 Å². The molecule has 1 fully saturated rings. The molecule has 2 aromatic rings. The zero-order chi connectivity index (χ0) is 13.2. The van der Waals surface area contributed by atoms with E-state index in [0.29, 0.717) is 5.92 Å². The maximum absolute atomic E-state index is 9.55. The lowest BCUT2D eigenvalue weighted by Gasteiger charge is -2.13. The fourth-order valence-electron chi connectivity index (χ4n) is 2.84. The Bertz CT molecular complexity index is 585. The highest BCUT2D eigenvalue weighted by molar-refractivity contribution is 5.92. The number of aromatic nitrogens is 2. The predicted molar refractivity (Wildman–Crippen MR) is 76.1 cm³/mol. The van der Waals surface area contributed by atoms with Crippen LogP contribution in [0.2, 0.25) is 0 Å². The van der Waals surface area contributed by atoms with E-state index in [1.54, 1.807) is 0 Å². The number of aliphatic hydroxyl groups excluding tert-OH is 1. The molecule has 19 heavy (non-hydrogen) atoms. The first-order chi connectivity index (χ1) is 9.24. The van der Waals surface area contributed by atoms with Crippen molar-refractivity contribution < 1.29 is 5.11 Å². The van der Waals surface area contributed by atoms with Crippen LogP contribution in [0.1, 0.15) is 25.0 Å². The summed E-state index contributed by atoms with van der Waals surface area (Å²) >= 11 is 0. The molecular formula is C15H19N3O. The molecule has 0 radical (unpaired) electrons. The number of anilines is 1. The zero-order valence-corrected chi connectivity index (χ0v) is 11.1. The number of nitrogens with zero attached hydrogens (tertiary/aromatic N) is 2. The third-order valence-electron chi connectivity index (χ3n) is 3.94. The molecule has 100 valence electrons. The summed E-state index contributed by atoms with van der Waals surface area (Å²) < 4.78 is 0. The minimum Gasteiger partial charge on any atom is -0.393 e. The summed E-state index contributed by atoms with van der Waals surface area (Å²) in [6, 6.07) is 8.19. The molecule has 1 aliphatic rings. The van der Waals surface area contributed by atoms with Crippen LogP contribution in [-0.4, -0.2) is 28.0 Å². The van der Waals surface area contributed by atoms with Crippen LogP contribution in [0, 0.1) is 12.8 Å². The fourth-order valence-corrected chi connectivity index (χ4v) is 2.84. The van der Waals surface area contributed by atoms with E-state index in [1.807, 2.05) is 19.1 Å². The molecular weight excluding hydrogens is 238 g/mol. The molecule has 0 bridgehead atoms. The van der Waals surface area contributed by atoms with Crippen molar-refractivity contribution >= 4 is 16.6 Å². The van der Waals surface area contributed by atoms with Gasteiger partial charge in [-0.25, -0.2) is 0 Å². The van der Waals surface area contributed by atoms with Crippen LogP contribution >= 0.6 is 0 Å².